The zero-order chi connectivity index (χ0) is 20.1. The molecule has 1 fully saturated rings. The predicted molar refractivity (Wildman–Crippen MR) is 106 cm³/mol. The van der Waals surface area contributed by atoms with Crippen LogP contribution in [0.4, 0.5) is 0 Å². The Hall–Kier alpha value is -2.44. The molecule has 0 bridgehead atoms. The van der Waals surface area contributed by atoms with Crippen LogP contribution in [0.2, 0.25) is 5.02 Å². The highest BCUT2D eigenvalue weighted by Crippen LogP contribution is 2.48. The number of rotatable bonds is 9. The lowest BCUT2D eigenvalue weighted by Crippen LogP contribution is -2.40. The topological polar surface area (TPSA) is 77.0 Å². The molecule has 1 aliphatic rings. The largest absolute Gasteiger partial charge is 0.493 e. The molecular weight excluding hydrogens is 382 g/mol. The first-order valence-electron chi connectivity index (χ1n) is 9.06. The molecule has 3 rings (SSSR count). The molecule has 1 aliphatic carbocycles. The number of carbonyl (C=O) groups is 1. The summed E-state index contributed by atoms with van der Waals surface area (Å²) in [5.41, 5.74) is 0.360. The van der Waals surface area contributed by atoms with Crippen LogP contribution in [-0.2, 0) is 10.2 Å². The minimum Gasteiger partial charge on any atom is -0.493 e. The third-order valence-electron chi connectivity index (χ3n) is 4.86. The molecule has 7 heteroatoms. The van der Waals surface area contributed by atoms with Crippen molar-refractivity contribution < 1.29 is 24.1 Å². The molecule has 1 amide bonds. The van der Waals surface area contributed by atoms with E-state index in [9.17, 15) is 9.90 Å². The van der Waals surface area contributed by atoms with Crippen LogP contribution in [0.15, 0.2) is 42.5 Å². The summed E-state index contributed by atoms with van der Waals surface area (Å²) in [7, 11) is 3.06. The number of para-hydroxylation sites is 1. The predicted octanol–water partition coefficient (Wildman–Crippen LogP) is 2.94. The Bertz CT molecular complexity index is 815. The molecule has 0 saturated heterocycles. The highest BCUT2D eigenvalue weighted by Gasteiger charge is 2.51. The van der Waals surface area contributed by atoms with Crippen LogP contribution >= 0.6 is 11.6 Å². The number of ether oxygens (including phenoxy) is 3. The van der Waals surface area contributed by atoms with E-state index in [-0.39, 0.29) is 19.1 Å². The Labute approximate surface area is 169 Å². The number of benzene rings is 2. The summed E-state index contributed by atoms with van der Waals surface area (Å²) >= 11 is 6.05. The van der Waals surface area contributed by atoms with Crippen molar-refractivity contribution >= 4 is 17.5 Å². The molecular formula is C21H24ClNO5. The van der Waals surface area contributed by atoms with Gasteiger partial charge in [-0.15, -0.1) is 0 Å². The van der Waals surface area contributed by atoms with Gasteiger partial charge in [0.1, 0.15) is 12.7 Å². The number of halogens is 1. The van der Waals surface area contributed by atoms with Gasteiger partial charge in [-0.25, -0.2) is 0 Å². The number of amides is 1. The van der Waals surface area contributed by atoms with Crippen LogP contribution in [0.25, 0.3) is 0 Å². The number of aliphatic hydroxyl groups excluding tert-OH is 1. The number of aliphatic hydroxyl groups is 1. The minimum atomic E-state index is -0.881. The van der Waals surface area contributed by atoms with E-state index in [1.165, 1.54) is 14.2 Å². The normalized spacial score (nSPS) is 15.4. The fourth-order valence-corrected chi connectivity index (χ4v) is 3.33. The van der Waals surface area contributed by atoms with Gasteiger partial charge in [0.15, 0.2) is 11.5 Å². The van der Waals surface area contributed by atoms with Crippen LogP contribution in [0, 0.1) is 0 Å². The van der Waals surface area contributed by atoms with E-state index in [0.717, 1.165) is 18.4 Å². The van der Waals surface area contributed by atoms with Crippen molar-refractivity contribution in [1.29, 1.82) is 0 Å². The van der Waals surface area contributed by atoms with Gasteiger partial charge in [-0.1, -0.05) is 29.8 Å². The molecule has 1 unspecified atom stereocenters. The Balaban J connectivity index is 1.55. The van der Waals surface area contributed by atoms with E-state index in [4.69, 9.17) is 25.8 Å². The summed E-state index contributed by atoms with van der Waals surface area (Å²) < 4.78 is 16.2. The van der Waals surface area contributed by atoms with E-state index in [1.54, 1.807) is 24.3 Å². The molecule has 0 aliphatic heterocycles. The second-order valence-corrected chi connectivity index (χ2v) is 7.20. The molecule has 0 spiro atoms. The lowest BCUT2D eigenvalue weighted by molar-refractivity contribution is -0.124. The van der Waals surface area contributed by atoms with Gasteiger partial charge in [-0.3, -0.25) is 4.79 Å². The van der Waals surface area contributed by atoms with Gasteiger partial charge in [0, 0.05) is 11.6 Å². The first kappa shape index (κ1) is 20.3. The van der Waals surface area contributed by atoms with Gasteiger partial charge in [-0.05, 0) is 42.7 Å². The van der Waals surface area contributed by atoms with Gasteiger partial charge < -0.3 is 24.6 Å². The highest BCUT2D eigenvalue weighted by atomic mass is 35.5. The molecule has 1 saturated carbocycles. The maximum atomic E-state index is 12.7. The van der Waals surface area contributed by atoms with Crippen molar-refractivity contribution in [2.45, 2.75) is 24.4 Å². The van der Waals surface area contributed by atoms with Crippen molar-refractivity contribution in [3.05, 3.63) is 53.1 Å². The van der Waals surface area contributed by atoms with Crippen molar-refractivity contribution in [3.63, 3.8) is 0 Å². The summed E-state index contributed by atoms with van der Waals surface area (Å²) in [6.45, 7) is 0.0692. The maximum absolute atomic E-state index is 12.7. The Kier molecular flexibility index (Phi) is 6.31. The lowest BCUT2D eigenvalue weighted by Gasteiger charge is -2.19. The van der Waals surface area contributed by atoms with E-state index >= 15 is 0 Å². The molecule has 6 nitrogen and oxygen atoms in total. The fourth-order valence-electron chi connectivity index (χ4n) is 3.14. The molecule has 0 heterocycles. The van der Waals surface area contributed by atoms with Crippen molar-refractivity contribution in [2.75, 3.05) is 27.4 Å². The van der Waals surface area contributed by atoms with E-state index in [0.29, 0.717) is 22.3 Å². The minimum absolute atomic E-state index is 0.0127. The lowest BCUT2D eigenvalue weighted by atomic mass is 9.95. The first-order valence-corrected chi connectivity index (χ1v) is 9.44. The van der Waals surface area contributed by atoms with Gasteiger partial charge in [0.05, 0.1) is 19.6 Å². The zero-order valence-corrected chi connectivity index (χ0v) is 16.7. The molecule has 2 aromatic rings. The number of methoxy groups -OCH3 is 2. The van der Waals surface area contributed by atoms with Crippen LogP contribution in [0.5, 0.6) is 17.2 Å². The van der Waals surface area contributed by atoms with E-state index in [2.05, 4.69) is 5.32 Å². The molecule has 2 aromatic carbocycles. The van der Waals surface area contributed by atoms with Crippen LogP contribution in [-0.4, -0.2) is 44.5 Å². The molecule has 28 heavy (non-hydrogen) atoms. The quantitative estimate of drug-likeness (QED) is 0.670. The molecule has 150 valence electrons. The number of nitrogens with one attached hydrogen (secondary N) is 1. The average Bonchev–Trinajstić information content (AvgIpc) is 3.52. The van der Waals surface area contributed by atoms with Gasteiger partial charge >= 0.3 is 0 Å². The Morgan fingerprint density at radius 2 is 1.82 bits per heavy atom. The SMILES string of the molecule is COc1cccc(OC)c1OCC(O)CNC(=O)C1(c2cccc(Cl)c2)CC1. The summed E-state index contributed by atoms with van der Waals surface area (Å²) in [6.07, 6.45) is 0.655. The van der Waals surface area contributed by atoms with Crippen LogP contribution in [0.3, 0.4) is 0 Å². The first-order chi connectivity index (χ1) is 13.5. The zero-order valence-electron chi connectivity index (χ0n) is 15.9. The van der Waals surface area contributed by atoms with Gasteiger partial charge in [-0.2, -0.15) is 0 Å². The number of carbonyl (C=O) groups excluding carboxylic acids is 1. The fraction of sp³-hybridized carbons (Fsp3) is 0.381. The summed E-state index contributed by atoms with van der Waals surface area (Å²) in [4.78, 5) is 12.7. The third kappa shape index (κ3) is 4.34. The van der Waals surface area contributed by atoms with Crippen LogP contribution < -0.4 is 19.5 Å². The molecule has 2 N–H and O–H groups in total. The third-order valence-corrected chi connectivity index (χ3v) is 5.10. The molecule has 1 atom stereocenters. The van der Waals surface area contributed by atoms with Gasteiger partial charge in [0.2, 0.25) is 11.7 Å². The number of hydrogen-bond donors (Lipinski definition) is 2. The van der Waals surface area contributed by atoms with Crippen molar-refractivity contribution in [1.82, 2.24) is 5.32 Å². The number of hydrogen-bond acceptors (Lipinski definition) is 5. The maximum Gasteiger partial charge on any atom is 0.230 e. The highest BCUT2D eigenvalue weighted by molar-refractivity contribution is 6.30. The Morgan fingerprint density at radius 1 is 1.18 bits per heavy atom. The van der Waals surface area contributed by atoms with E-state index in [1.807, 2.05) is 18.2 Å². The van der Waals surface area contributed by atoms with Crippen molar-refractivity contribution in [3.8, 4) is 17.2 Å². The average molecular weight is 406 g/mol. The standard InChI is InChI=1S/C21H24ClNO5/c1-26-17-7-4-8-18(27-2)19(17)28-13-16(24)12-23-20(25)21(9-10-21)14-5-3-6-15(22)11-14/h3-8,11,16,24H,9-10,12-13H2,1-2H3,(H,23,25). The van der Waals surface area contributed by atoms with E-state index < -0.39 is 11.5 Å². The molecule has 0 aromatic heterocycles. The summed E-state index contributed by atoms with van der Waals surface area (Å²) in [5.74, 6) is 1.32. The monoisotopic (exact) mass is 405 g/mol. The van der Waals surface area contributed by atoms with Gasteiger partial charge in [0.25, 0.3) is 0 Å². The smallest absolute Gasteiger partial charge is 0.230 e. The molecule has 0 radical (unpaired) electrons. The van der Waals surface area contributed by atoms with Crippen LogP contribution in [0.1, 0.15) is 18.4 Å². The second kappa shape index (κ2) is 8.71. The second-order valence-electron chi connectivity index (χ2n) is 6.76. The van der Waals surface area contributed by atoms with Crippen molar-refractivity contribution in [2.24, 2.45) is 0 Å². The Morgan fingerprint density at radius 3 is 2.39 bits per heavy atom. The summed E-state index contributed by atoms with van der Waals surface area (Å²) in [5, 5.41) is 13.7. The summed E-state index contributed by atoms with van der Waals surface area (Å²) in [6, 6.07) is 12.6.